The highest BCUT2D eigenvalue weighted by atomic mass is 14.5. The summed E-state index contributed by atoms with van der Waals surface area (Å²) in [5.74, 6) is 0.864. The Morgan fingerprint density at radius 1 is 1.11 bits per heavy atom. The molecule has 9 heavy (non-hydrogen) atoms. The predicted molar refractivity (Wildman–Crippen MR) is 42.4 cm³/mol. The Balaban J connectivity index is 2.75. The first-order valence-electron chi connectivity index (χ1n) is 3.97. The highest BCUT2D eigenvalue weighted by Gasteiger charge is 1.91. The van der Waals surface area contributed by atoms with E-state index in [9.17, 15) is 0 Å². The van der Waals surface area contributed by atoms with Gasteiger partial charge in [0.1, 0.15) is 0 Å². The van der Waals surface area contributed by atoms with Gasteiger partial charge in [-0.05, 0) is 18.9 Å². The van der Waals surface area contributed by atoms with Gasteiger partial charge in [-0.25, -0.2) is 0 Å². The third kappa shape index (κ3) is 7.96. The minimum absolute atomic E-state index is 0.859. The molecule has 0 aromatic rings. The summed E-state index contributed by atoms with van der Waals surface area (Å²) in [6.45, 7) is 5.39. The van der Waals surface area contributed by atoms with Gasteiger partial charge in [0.05, 0.1) is 0 Å². The van der Waals surface area contributed by atoms with Gasteiger partial charge < -0.3 is 5.73 Å². The molecule has 0 bridgehead atoms. The minimum atomic E-state index is 0.859. The molecule has 56 valence electrons. The summed E-state index contributed by atoms with van der Waals surface area (Å²) in [6.07, 6.45) is 5.23. The van der Waals surface area contributed by atoms with Crippen molar-refractivity contribution in [2.75, 3.05) is 6.54 Å². The molecule has 0 saturated heterocycles. The van der Waals surface area contributed by atoms with Crippen LogP contribution in [-0.2, 0) is 0 Å². The molecular weight excluding hydrogens is 110 g/mol. The monoisotopic (exact) mass is 129 g/mol. The zero-order chi connectivity index (χ0) is 7.11. The van der Waals surface area contributed by atoms with Gasteiger partial charge in [-0.15, -0.1) is 0 Å². The molecule has 0 spiro atoms. The van der Waals surface area contributed by atoms with Crippen LogP contribution in [0.1, 0.15) is 39.5 Å². The summed E-state index contributed by atoms with van der Waals surface area (Å²) in [7, 11) is 0. The topological polar surface area (TPSA) is 26.0 Å². The fraction of sp³-hybridized carbons (Fsp3) is 1.00. The molecule has 0 aliphatic carbocycles. The zero-order valence-corrected chi connectivity index (χ0v) is 6.69. The lowest BCUT2D eigenvalue weighted by Gasteiger charge is -2.01. The molecule has 0 atom stereocenters. The molecule has 0 aliphatic rings. The third-order valence-corrected chi connectivity index (χ3v) is 1.49. The van der Waals surface area contributed by atoms with E-state index < -0.39 is 0 Å². The first-order valence-corrected chi connectivity index (χ1v) is 3.97. The normalized spacial score (nSPS) is 10.7. The highest BCUT2D eigenvalue weighted by molar-refractivity contribution is 4.46. The smallest absolute Gasteiger partial charge is 0.00773 e. The van der Waals surface area contributed by atoms with Gasteiger partial charge in [0.15, 0.2) is 0 Å². The zero-order valence-electron chi connectivity index (χ0n) is 6.69. The first kappa shape index (κ1) is 8.96. The molecule has 1 heteroatoms. The third-order valence-electron chi connectivity index (χ3n) is 1.49. The fourth-order valence-electron chi connectivity index (χ4n) is 0.874. The van der Waals surface area contributed by atoms with E-state index in [0.717, 1.165) is 12.5 Å². The van der Waals surface area contributed by atoms with E-state index in [0.29, 0.717) is 0 Å². The lowest BCUT2D eigenvalue weighted by Crippen LogP contribution is -1.98. The van der Waals surface area contributed by atoms with Crippen LogP contribution in [0.5, 0.6) is 0 Å². The van der Waals surface area contributed by atoms with E-state index in [4.69, 9.17) is 5.73 Å². The lowest BCUT2D eigenvalue weighted by atomic mass is 10.1. The van der Waals surface area contributed by atoms with Crippen molar-refractivity contribution < 1.29 is 0 Å². The molecular formula is C8H19N. The van der Waals surface area contributed by atoms with Gasteiger partial charge in [0.2, 0.25) is 0 Å². The van der Waals surface area contributed by atoms with Crippen molar-refractivity contribution in [2.45, 2.75) is 39.5 Å². The number of nitrogens with two attached hydrogens (primary N) is 1. The van der Waals surface area contributed by atoms with Crippen molar-refractivity contribution in [1.29, 1.82) is 0 Å². The van der Waals surface area contributed by atoms with Crippen molar-refractivity contribution in [3.05, 3.63) is 0 Å². The minimum Gasteiger partial charge on any atom is -0.330 e. The van der Waals surface area contributed by atoms with Crippen molar-refractivity contribution in [3.8, 4) is 0 Å². The fourth-order valence-corrected chi connectivity index (χ4v) is 0.874. The standard InChI is InChI=1S/C8H19N/c1-8(2)6-4-3-5-7-9/h8H,3-7,9H2,1-2H3. The molecule has 0 heterocycles. The maximum absolute atomic E-state index is 5.35. The Labute approximate surface area is 58.6 Å². The summed E-state index contributed by atoms with van der Waals surface area (Å²) < 4.78 is 0. The molecule has 1 nitrogen and oxygen atoms in total. The van der Waals surface area contributed by atoms with Crippen LogP contribution < -0.4 is 5.73 Å². The van der Waals surface area contributed by atoms with Crippen molar-refractivity contribution in [3.63, 3.8) is 0 Å². The average Bonchev–Trinajstić information content (AvgIpc) is 1.80. The first-order chi connectivity index (χ1) is 4.27. The number of hydrogen-bond acceptors (Lipinski definition) is 1. The Hall–Kier alpha value is -0.0400. The molecule has 0 saturated carbocycles. The Morgan fingerprint density at radius 2 is 1.78 bits per heavy atom. The van der Waals surface area contributed by atoms with Crippen LogP contribution in [0.3, 0.4) is 0 Å². The number of unbranched alkanes of at least 4 members (excludes halogenated alkanes) is 2. The van der Waals surface area contributed by atoms with Crippen LogP contribution in [0.25, 0.3) is 0 Å². The van der Waals surface area contributed by atoms with E-state index in [1.54, 1.807) is 0 Å². The van der Waals surface area contributed by atoms with Gasteiger partial charge in [0, 0.05) is 0 Å². The second-order valence-corrected chi connectivity index (χ2v) is 3.03. The summed E-state index contributed by atoms with van der Waals surface area (Å²) in [5.41, 5.74) is 5.35. The van der Waals surface area contributed by atoms with E-state index in [2.05, 4.69) is 13.8 Å². The van der Waals surface area contributed by atoms with Crippen molar-refractivity contribution in [1.82, 2.24) is 0 Å². The van der Waals surface area contributed by atoms with Gasteiger partial charge in [-0.1, -0.05) is 33.1 Å². The maximum atomic E-state index is 5.35. The highest BCUT2D eigenvalue weighted by Crippen LogP contribution is 2.06. The van der Waals surface area contributed by atoms with E-state index in [-0.39, 0.29) is 0 Å². The summed E-state index contributed by atoms with van der Waals surface area (Å²) in [6, 6.07) is 0. The molecule has 0 aliphatic heterocycles. The second kappa shape index (κ2) is 6.09. The molecule has 0 aromatic heterocycles. The number of hydrogen-bond donors (Lipinski definition) is 1. The molecule has 2 N–H and O–H groups in total. The van der Waals surface area contributed by atoms with E-state index in [1.807, 2.05) is 0 Å². The Bertz CT molecular complexity index is 50.5. The van der Waals surface area contributed by atoms with Crippen molar-refractivity contribution in [2.24, 2.45) is 11.7 Å². The molecule has 0 radical (unpaired) electrons. The van der Waals surface area contributed by atoms with Crippen LogP contribution in [0, 0.1) is 5.92 Å². The van der Waals surface area contributed by atoms with Crippen molar-refractivity contribution >= 4 is 0 Å². The molecule has 0 aromatic carbocycles. The Kier molecular flexibility index (Phi) is 6.06. The van der Waals surface area contributed by atoms with Crippen LogP contribution in [0.4, 0.5) is 0 Å². The van der Waals surface area contributed by atoms with Gasteiger partial charge in [0.25, 0.3) is 0 Å². The van der Waals surface area contributed by atoms with Crippen LogP contribution in [0.15, 0.2) is 0 Å². The Morgan fingerprint density at radius 3 is 2.22 bits per heavy atom. The number of rotatable bonds is 5. The quantitative estimate of drug-likeness (QED) is 0.566. The van der Waals surface area contributed by atoms with Crippen LogP contribution >= 0.6 is 0 Å². The SMILES string of the molecule is CC(C)CCCCCN. The van der Waals surface area contributed by atoms with E-state index >= 15 is 0 Å². The molecule has 0 rings (SSSR count). The van der Waals surface area contributed by atoms with Crippen LogP contribution in [-0.4, -0.2) is 6.54 Å². The van der Waals surface area contributed by atoms with Gasteiger partial charge >= 0.3 is 0 Å². The molecule has 0 unspecified atom stereocenters. The van der Waals surface area contributed by atoms with Crippen LogP contribution in [0.2, 0.25) is 0 Å². The van der Waals surface area contributed by atoms with Gasteiger partial charge in [-0.3, -0.25) is 0 Å². The van der Waals surface area contributed by atoms with Gasteiger partial charge in [-0.2, -0.15) is 0 Å². The second-order valence-electron chi connectivity index (χ2n) is 3.03. The predicted octanol–water partition coefficient (Wildman–Crippen LogP) is 2.16. The largest absolute Gasteiger partial charge is 0.330 e. The molecule has 0 fully saturated rings. The average molecular weight is 129 g/mol. The maximum Gasteiger partial charge on any atom is -0.00773 e. The van der Waals surface area contributed by atoms with E-state index in [1.165, 1.54) is 25.7 Å². The summed E-state index contributed by atoms with van der Waals surface area (Å²) >= 11 is 0. The lowest BCUT2D eigenvalue weighted by molar-refractivity contribution is 0.529. The summed E-state index contributed by atoms with van der Waals surface area (Å²) in [5, 5.41) is 0. The molecule has 0 amide bonds. The summed E-state index contributed by atoms with van der Waals surface area (Å²) in [4.78, 5) is 0.